The summed E-state index contributed by atoms with van der Waals surface area (Å²) in [4.78, 5) is 0. The first-order valence-corrected chi connectivity index (χ1v) is 8.05. The maximum Gasteiger partial charge on any atom is 0.0552 e. The lowest BCUT2D eigenvalue weighted by atomic mass is 10.1. The molecule has 1 heterocycles. The molecule has 0 saturated heterocycles. The molecule has 0 spiro atoms. The van der Waals surface area contributed by atoms with E-state index in [1.807, 2.05) is 12.1 Å². The monoisotopic (exact) mass is 347 g/mol. The van der Waals surface area contributed by atoms with Crippen molar-refractivity contribution in [3.63, 3.8) is 0 Å². The third-order valence-electron chi connectivity index (χ3n) is 3.87. The predicted octanol–water partition coefficient (Wildman–Crippen LogP) is 6.06. The zero-order chi connectivity index (χ0) is 14.9. The SMILES string of the molecule is Brc1ccccc1-c1cc2ccccc2n1-c1ccccc1. The van der Waals surface area contributed by atoms with Gasteiger partial charge in [-0.1, -0.05) is 70.5 Å². The van der Waals surface area contributed by atoms with E-state index in [4.69, 9.17) is 0 Å². The van der Waals surface area contributed by atoms with Gasteiger partial charge in [0.2, 0.25) is 0 Å². The van der Waals surface area contributed by atoms with E-state index in [-0.39, 0.29) is 0 Å². The first-order chi connectivity index (χ1) is 10.8. The Kier molecular flexibility index (Phi) is 3.32. The molecule has 0 aliphatic heterocycles. The van der Waals surface area contributed by atoms with Crippen LogP contribution in [0.4, 0.5) is 0 Å². The molecule has 4 aromatic rings. The van der Waals surface area contributed by atoms with E-state index in [0.717, 1.165) is 4.47 Å². The number of hydrogen-bond acceptors (Lipinski definition) is 0. The van der Waals surface area contributed by atoms with Crippen LogP contribution < -0.4 is 0 Å². The van der Waals surface area contributed by atoms with Gasteiger partial charge in [0.25, 0.3) is 0 Å². The molecule has 4 rings (SSSR count). The van der Waals surface area contributed by atoms with E-state index in [1.54, 1.807) is 0 Å². The maximum atomic E-state index is 3.68. The molecule has 0 N–H and O–H groups in total. The minimum absolute atomic E-state index is 1.11. The molecule has 0 aliphatic rings. The Hall–Kier alpha value is -2.32. The Balaban J connectivity index is 2.09. The van der Waals surface area contributed by atoms with Crippen LogP contribution in [0.25, 0.3) is 27.8 Å². The summed E-state index contributed by atoms with van der Waals surface area (Å²) in [5, 5.41) is 1.25. The number of nitrogens with zero attached hydrogens (tertiary/aromatic N) is 1. The summed E-state index contributed by atoms with van der Waals surface area (Å²) < 4.78 is 3.42. The van der Waals surface area contributed by atoms with Crippen LogP contribution in [0, 0.1) is 0 Å². The summed E-state index contributed by atoms with van der Waals surface area (Å²) in [7, 11) is 0. The first kappa shape index (κ1) is 13.4. The molecule has 3 aromatic carbocycles. The summed E-state index contributed by atoms with van der Waals surface area (Å²) in [5.41, 5.74) is 4.79. The van der Waals surface area contributed by atoms with E-state index in [2.05, 4.69) is 93.3 Å². The number of fused-ring (bicyclic) bond motifs is 1. The lowest BCUT2D eigenvalue weighted by Crippen LogP contribution is -1.96. The molecule has 1 aromatic heterocycles. The Labute approximate surface area is 138 Å². The summed E-state index contributed by atoms with van der Waals surface area (Å²) >= 11 is 3.68. The van der Waals surface area contributed by atoms with Crippen LogP contribution in [-0.2, 0) is 0 Å². The lowest BCUT2D eigenvalue weighted by molar-refractivity contribution is 1.13. The van der Waals surface area contributed by atoms with Crippen molar-refractivity contribution in [2.24, 2.45) is 0 Å². The molecular weight excluding hydrogens is 334 g/mol. The van der Waals surface area contributed by atoms with Gasteiger partial charge in [0.05, 0.1) is 11.2 Å². The number of halogens is 1. The van der Waals surface area contributed by atoms with Gasteiger partial charge in [0.15, 0.2) is 0 Å². The standard InChI is InChI=1S/C20H14BrN/c21-18-12-6-5-11-17(18)20-14-15-8-4-7-13-19(15)22(20)16-9-2-1-3-10-16/h1-14H. The summed E-state index contributed by atoms with van der Waals surface area (Å²) in [6.07, 6.45) is 0. The molecule has 0 fully saturated rings. The fraction of sp³-hybridized carbons (Fsp3) is 0. The van der Waals surface area contributed by atoms with Crippen molar-refractivity contribution in [2.45, 2.75) is 0 Å². The second-order valence-electron chi connectivity index (χ2n) is 5.24. The van der Waals surface area contributed by atoms with Crippen LogP contribution in [0.1, 0.15) is 0 Å². The minimum Gasteiger partial charge on any atom is -0.309 e. The molecule has 0 atom stereocenters. The molecular formula is C20H14BrN. The molecule has 2 heteroatoms. The molecule has 0 radical (unpaired) electrons. The van der Waals surface area contributed by atoms with Gasteiger partial charge in [-0.3, -0.25) is 0 Å². The summed E-state index contributed by atoms with van der Waals surface area (Å²) in [6.45, 7) is 0. The molecule has 1 nitrogen and oxygen atoms in total. The van der Waals surface area contributed by atoms with Crippen molar-refractivity contribution in [2.75, 3.05) is 0 Å². The van der Waals surface area contributed by atoms with Crippen molar-refractivity contribution in [3.8, 4) is 16.9 Å². The Morgan fingerprint density at radius 2 is 1.36 bits per heavy atom. The highest BCUT2D eigenvalue weighted by Gasteiger charge is 2.13. The second-order valence-corrected chi connectivity index (χ2v) is 6.09. The fourth-order valence-electron chi connectivity index (χ4n) is 2.88. The predicted molar refractivity (Wildman–Crippen MR) is 96.4 cm³/mol. The van der Waals surface area contributed by atoms with Gasteiger partial charge in [0, 0.05) is 21.1 Å². The van der Waals surface area contributed by atoms with Crippen LogP contribution in [-0.4, -0.2) is 4.57 Å². The Bertz CT molecular complexity index is 938. The topological polar surface area (TPSA) is 4.93 Å². The molecule has 106 valence electrons. The third-order valence-corrected chi connectivity index (χ3v) is 4.57. The molecule has 22 heavy (non-hydrogen) atoms. The van der Waals surface area contributed by atoms with Crippen molar-refractivity contribution < 1.29 is 0 Å². The van der Waals surface area contributed by atoms with Crippen LogP contribution in [0.5, 0.6) is 0 Å². The van der Waals surface area contributed by atoms with Gasteiger partial charge < -0.3 is 4.57 Å². The molecule has 0 bridgehead atoms. The lowest BCUT2D eigenvalue weighted by Gasteiger charge is -2.12. The molecule has 0 amide bonds. The van der Waals surface area contributed by atoms with Gasteiger partial charge in [0.1, 0.15) is 0 Å². The van der Waals surface area contributed by atoms with Crippen LogP contribution in [0.15, 0.2) is 89.4 Å². The normalized spacial score (nSPS) is 11.0. The minimum atomic E-state index is 1.11. The Morgan fingerprint density at radius 3 is 2.18 bits per heavy atom. The number of para-hydroxylation sites is 2. The second kappa shape index (κ2) is 5.47. The highest BCUT2D eigenvalue weighted by molar-refractivity contribution is 9.10. The van der Waals surface area contributed by atoms with Gasteiger partial charge >= 0.3 is 0 Å². The van der Waals surface area contributed by atoms with Crippen molar-refractivity contribution in [1.29, 1.82) is 0 Å². The van der Waals surface area contributed by atoms with Gasteiger partial charge in [-0.25, -0.2) is 0 Å². The Morgan fingerprint density at radius 1 is 0.682 bits per heavy atom. The number of aromatic nitrogens is 1. The van der Waals surface area contributed by atoms with E-state index in [9.17, 15) is 0 Å². The van der Waals surface area contributed by atoms with Crippen LogP contribution in [0.3, 0.4) is 0 Å². The van der Waals surface area contributed by atoms with E-state index < -0.39 is 0 Å². The van der Waals surface area contributed by atoms with E-state index >= 15 is 0 Å². The largest absolute Gasteiger partial charge is 0.309 e. The molecule has 0 saturated carbocycles. The molecule has 0 aliphatic carbocycles. The van der Waals surface area contributed by atoms with Crippen LogP contribution >= 0.6 is 15.9 Å². The number of rotatable bonds is 2. The quantitative estimate of drug-likeness (QED) is 0.415. The highest BCUT2D eigenvalue weighted by Crippen LogP contribution is 2.35. The third kappa shape index (κ3) is 2.16. The average Bonchev–Trinajstić information content (AvgIpc) is 2.95. The number of hydrogen-bond donors (Lipinski definition) is 0. The number of benzene rings is 3. The highest BCUT2D eigenvalue weighted by atomic mass is 79.9. The fourth-order valence-corrected chi connectivity index (χ4v) is 3.37. The maximum absolute atomic E-state index is 3.68. The summed E-state index contributed by atoms with van der Waals surface area (Å²) in [5.74, 6) is 0. The van der Waals surface area contributed by atoms with Gasteiger partial charge in [-0.15, -0.1) is 0 Å². The average molecular weight is 348 g/mol. The zero-order valence-electron chi connectivity index (χ0n) is 11.9. The molecule has 0 unspecified atom stereocenters. The van der Waals surface area contributed by atoms with Crippen molar-refractivity contribution in [1.82, 2.24) is 4.57 Å². The van der Waals surface area contributed by atoms with E-state index in [1.165, 1.54) is 27.8 Å². The van der Waals surface area contributed by atoms with Crippen LogP contribution in [0.2, 0.25) is 0 Å². The summed E-state index contributed by atoms with van der Waals surface area (Å²) in [6, 6.07) is 29.6. The van der Waals surface area contributed by atoms with Gasteiger partial charge in [-0.05, 0) is 30.3 Å². The first-order valence-electron chi connectivity index (χ1n) is 7.25. The van der Waals surface area contributed by atoms with Crippen molar-refractivity contribution in [3.05, 3.63) is 89.4 Å². The smallest absolute Gasteiger partial charge is 0.0552 e. The van der Waals surface area contributed by atoms with E-state index in [0.29, 0.717) is 0 Å². The van der Waals surface area contributed by atoms with Gasteiger partial charge in [-0.2, -0.15) is 0 Å². The zero-order valence-corrected chi connectivity index (χ0v) is 13.5. The van der Waals surface area contributed by atoms with Crippen molar-refractivity contribution >= 4 is 26.8 Å².